The van der Waals surface area contributed by atoms with Crippen molar-refractivity contribution in [1.82, 2.24) is 9.80 Å². The molecule has 150 valence electrons. The molecule has 0 radical (unpaired) electrons. The number of nitrogens with zero attached hydrogens (tertiary/aromatic N) is 2. The number of para-hydroxylation sites is 1. The molecule has 1 aliphatic rings. The van der Waals surface area contributed by atoms with Crippen LogP contribution >= 0.6 is 0 Å². The Morgan fingerprint density at radius 1 is 0.929 bits per heavy atom. The van der Waals surface area contributed by atoms with Crippen molar-refractivity contribution < 1.29 is 23.4 Å². The Kier molecular flexibility index (Phi) is 6.71. The number of benzene rings is 2. The molecule has 0 saturated carbocycles. The predicted octanol–water partition coefficient (Wildman–Crippen LogP) is 2.68. The lowest BCUT2D eigenvalue weighted by Crippen LogP contribution is -2.49. The van der Waals surface area contributed by atoms with Gasteiger partial charge in [0.25, 0.3) is 5.91 Å². The molecule has 1 fully saturated rings. The summed E-state index contributed by atoms with van der Waals surface area (Å²) < 4.78 is 29.8. The fourth-order valence-electron chi connectivity index (χ4n) is 3.24. The maximum atomic E-state index is 13.6. The SMILES string of the molecule is COc1cccc(OC)c1C(=O)N1CCN(CCOc2ccccc2F)CC1. The van der Waals surface area contributed by atoms with Gasteiger partial charge in [-0.2, -0.15) is 0 Å². The van der Waals surface area contributed by atoms with Crippen LogP contribution in [0.4, 0.5) is 4.39 Å². The third-order valence-electron chi connectivity index (χ3n) is 4.80. The van der Waals surface area contributed by atoms with Crippen molar-refractivity contribution in [2.45, 2.75) is 0 Å². The van der Waals surface area contributed by atoms with Gasteiger partial charge in [0.05, 0.1) is 14.2 Å². The van der Waals surface area contributed by atoms with Gasteiger partial charge in [-0.05, 0) is 24.3 Å². The summed E-state index contributed by atoms with van der Waals surface area (Å²) in [6.45, 7) is 3.72. The highest BCUT2D eigenvalue weighted by Crippen LogP contribution is 2.29. The highest BCUT2D eigenvalue weighted by Gasteiger charge is 2.27. The van der Waals surface area contributed by atoms with Gasteiger partial charge in [-0.15, -0.1) is 0 Å². The standard InChI is InChI=1S/C21H25FN2O4/c1-26-18-8-5-9-19(27-2)20(18)21(25)24-12-10-23(11-13-24)14-15-28-17-7-4-3-6-16(17)22/h3-9H,10-15H2,1-2H3. The van der Waals surface area contributed by atoms with Crippen LogP contribution < -0.4 is 14.2 Å². The summed E-state index contributed by atoms with van der Waals surface area (Å²) in [5.74, 6) is 0.815. The molecule has 0 unspecified atom stereocenters. The summed E-state index contributed by atoms with van der Waals surface area (Å²) in [7, 11) is 3.08. The lowest BCUT2D eigenvalue weighted by Gasteiger charge is -2.35. The van der Waals surface area contributed by atoms with Crippen LogP contribution in [0.3, 0.4) is 0 Å². The van der Waals surface area contributed by atoms with E-state index in [1.807, 2.05) is 0 Å². The van der Waals surface area contributed by atoms with Gasteiger partial charge in [-0.1, -0.05) is 18.2 Å². The number of methoxy groups -OCH3 is 2. The first-order valence-corrected chi connectivity index (χ1v) is 9.24. The van der Waals surface area contributed by atoms with Crippen molar-refractivity contribution in [2.75, 3.05) is 53.6 Å². The molecular weight excluding hydrogens is 363 g/mol. The van der Waals surface area contributed by atoms with E-state index >= 15 is 0 Å². The third-order valence-corrected chi connectivity index (χ3v) is 4.80. The first-order chi connectivity index (χ1) is 13.6. The molecular formula is C21H25FN2O4. The van der Waals surface area contributed by atoms with E-state index < -0.39 is 0 Å². The van der Waals surface area contributed by atoms with E-state index in [4.69, 9.17) is 14.2 Å². The van der Waals surface area contributed by atoms with Crippen molar-refractivity contribution in [3.63, 3.8) is 0 Å². The van der Waals surface area contributed by atoms with Gasteiger partial charge in [-0.3, -0.25) is 9.69 Å². The second-order valence-electron chi connectivity index (χ2n) is 6.45. The predicted molar refractivity (Wildman–Crippen MR) is 104 cm³/mol. The molecule has 0 N–H and O–H groups in total. The second-order valence-corrected chi connectivity index (χ2v) is 6.45. The van der Waals surface area contributed by atoms with Crippen LogP contribution in [-0.4, -0.2) is 69.3 Å². The van der Waals surface area contributed by atoms with Crippen LogP contribution in [0.15, 0.2) is 42.5 Å². The molecule has 2 aromatic rings. The first kappa shape index (κ1) is 19.9. The second kappa shape index (κ2) is 9.41. The van der Waals surface area contributed by atoms with Gasteiger partial charge in [0.2, 0.25) is 0 Å². The summed E-state index contributed by atoms with van der Waals surface area (Å²) in [5, 5.41) is 0. The molecule has 0 aromatic heterocycles. The quantitative estimate of drug-likeness (QED) is 0.730. The van der Waals surface area contributed by atoms with Crippen molar-refractivity contribution in [3.05, 3.63) is 53.8 Å². The number of amides is 1. The van der Waals surface area contributed by atoms with Crippen LogP contribution in [0, 0.1) is 5.82 Å². The van der Waals surface area contributed by atoms with Gasteiger partial charge in [0.1, 0.15) is 23.7 Å². The van der Waals surface area contributed by atoms with Crippen LogP contribution in [0.1, 0.15) is 10.4 Å². The van der Waals surface area contributed by atoms with Gasteiger partial charge in [0.15, 0.2) is 11.6 Å². The number of hydrogen-bond donors (Lipinski definition) is 0. The smallest absolute Gasteiger partial charge is 0.261 e. The topological polar surface area (TPSA) is 51.2 Å². The number of rotatable bonds is 7. The lowest BCUT2D eigenvalue weighted by molar-refractivity contribution is 0.0613. The minimum Gasteiger partial charge on any atom is -0.496 e. The average Bonchev–Trinajstić information content (AvgIpc) is 2.74. The molecule has 0 bridgehead atoms. The molecule has 1 aliphatic heterocycles. The molecule has 1 heterocycles. The summed E-state index contributed by atoms with van der Waals surface area (Å²) in [6, 6.07) is 11.7. The van der Waals surface area contributed by atoms with E-state index in [1.54, 1.807) is 55.5 Å². The lowest BCUT2D eigenvalue weighted by atomic mass is 10.1. The first-order valence-electron chi connectivity index (χ1n) is 9.24. The minimum absolute atomic E-state index is 0.100. The molecule has 7 heteroatoms. The number of halogens is 1. The van der Waals surface area contributed by atoms with Gasteiger partial charge < -0.3 is 19.1 Å². The Morgan fingerprint density at radius 3 is 2.14 bits per heavy atom. The summed E-state index contributed by atoms with van der Waals surface area (Å²) >= 11 is 0. The number of carbonyl (C=O) groups is 1. The molecule has 1 amide bonds. The van der Waals surface area contributed by atoms with Gasteiger partial charge in [0, 0.05) is 32.7 Å². The molecule has 3 rings (SSSR count). The summed E-state index contributed by atoms with van der Waals surface area (Å²) in [5.41, 5.74) is 0.448. The van der Waals surface area contributed by atoms with Crippen LogP contribution in [-0.2, 0) is 0 Å². The fourth-order valence-corrected chi connectivity index (χ4v) is 3.24. The zero-order valence-electron chi connectivity index (χ0n) is 16.2. The van der Waals surface area contributed by atoms with Crippen molar-refractivity contribution in [1.29, 1.82) is 0 Å². The molecule has 2 aromatic carbocycles. The maximum absolute atomic E-state index is 13.6. The molecule has 28 heavy (non-hydrogen) atoms. The van der Waals surface area contributed by atoms with Crippen LogP contribution in [0.5, 0.6) is 17.2 Å². The van der Waals surface area contributed by atoms with E-state index in [2.05, 4.69) is 4.90 Å². The van der Waals surface area contributed by atoms with Crippen molar-refractivity contribution in [2.24, 2.45) is 0 Å². The maximum Gasteiger partial charge on any atom is 0.261 e. The summed E-state index contributed by atoms with van der Waals surface area (Å²) in [6.07, 6.45) is 0. The average molecular weight is 388 g/mol. The largest absolute Gasteiger partial charge is 0.496 e. The van der Waals surface area contributed by atoms with E-state index in [0.29, 0.717) is 43.3 Å². The summed E-state index contributed by atoms with van der Waals surface area (Å²) in [4.78, 5) is 17.0. The normalized spacial score (nSPS) is 14.6. The van der Waals surface area contributed by atoms with Gasteiger partial charge in [-0.25, -0.2) is 4.39 Å². The molecule has 0 aliphatic carbocycles. The van der Waals surface area contributed by atoms with Crippen molar-refractivity contribution in [3.8, 4) is 17.2 Å². The monoisotopic (exact) mass is 388 g/mol. The number of carbonyl (C=O) groups excluding carboxylic acids is 1. The fraction of sp³-hybridized carbons (Fsp3) is 0.381. The Morgan fingerprint density at radius 2 is 1.54 bits per heavy atom. The molecule has 0 spiro atoms. The van der Waals surface area contributed by atoms with Crippen molar-refractivity contribution >= 4 is 5.91 Å². The van der Waals surface area contributed by atoms with Crippen LogP contribution in [0.25, 0.3) is 0 Å². The number of ether oxygens (including phenoxy) is 3. The Labute approximate surface area is 164 Å². The minimum atomic E-state index is -0.358. The third kappa shape index (κ3) is 4.54. The molecule has 0 atom stereocenters. The van der Waals surface area contributed by atoms with E-state index in [0.717, 1.165) is 13.1 Å². The molecule has 1 saturated heterocycles. The van der Waals surface area contributed by atoms with E-state index in [1.165, 1.54) is 6.07 Å². The van der Waals surface area contributed by atoms with Crippen LogP contribution in [0.2, 0.25) is 0 Å². The zero-order chi connectivity index (χ0) is 19.9. The van der Waals surface area contributed by atoms with E-state index in [-0.39, 0.29) is 17.5 Å². The highest BCUT2D eigenvalue weighted by molar-refractivity contribution is 5.99. The highest BCUT2D eigenvalue weighted by atomic mass is 19.1. The Bertz CT molecular complexity index is 784. The van der Waals surface area contributed by atoms with Gasteiger partial charge >= 0.3 is 0 Å². The van der Waals surface area contributed by atoms with E-state index in [9.17, 15) is 9.18 Å². The number of hydrogen-bond acceptors (Lipinski definition) is 5. The Balaban J connectivity index is 1.53. The zero-order valence-corrected chi connectivity index (χ0v) is 16.2. The Hall–Kier alpha value is -2.80. The number of piperazine rings is 1. The molecule has 6 nitrogen and oxygen atoms in total.